The van der Waals surface area contributed by atoms with Crippen LogP contribution in [0.15, 0.2) is 54.6 Å². The van der Waals surface area contributed by atoms with E-state index in [4.69, 9.17) is 40.1 Å². The van der Waals surface area contributed by atoms with Crippen LogP contribution >= 0.6 is 34.8 Å². The molecule has 214 valence electrons. The molecule has 2 atom stereocenters. The van der Waals surface area contributed by atoms with Crippen molar-refractivity contribution in [3.05, 3.63) is 93.3 Å². The number of benzene rings is 3. The summed E-state index contributed by atoms with van der Waals surface area (Å²) in [6, 6.07) is 9.22. The van der Waals surface area contributed by atoms with Crippen LogP contribution in [0.1, 0.15) is 38.5 Å². The van der Waals surface area contributed by atoms with Crippen molar-refractivity contribution in [3.63, 3.8) is 0 Å². The van der Waals surface area contributed by atoms with Crippen LogP contribution in [-0.2, 0) is 17.1 Å². The van der Waals surface area contributed by atoms with Gasteiger partial charge in [0.2, 0.25) is 5.91 Å². The van der Waals surface area contributed by atoms with Gasteiger partial charge in [0, 0.05) is 11.6 Å². The fraction of sp³-hybridized carbons (Fsp3) is 0.192. The van der Waals surface area contributed by atoms with Crippen LogP contribution < -0.4 is 10.6 Å². The standard InChI is InChI=1S/C26H13Cl3F7N3O2/c27-18-3-2-16(9-17(18)22(40)39-19-4-1-15(30)7-12(19)10-37)38-23(41)21-20(24(21,28)29)11-5-13(25(31,32)33)8-14(6-11)26(34,35)36/h1-9,20-21H,(H,38,41)(H,39,40). The topological polar surface area (TPSA) is 82.0 Å². The molecule has 0 bridgehead atoms. The van der Waals surface area contributed by atoms with Crippen molar-refractivity contribution in [1.29, 1.82) is 5.26 Å². The average molecular weight is 639 g/mol. The molecule has 0 saturated heterocycles. The molecule has 2 amide bonds. The first-order chi connectivity index (χ1) is 18.9. The number of halogens is 10. The van der Waals surface area contributed by atoms with E-state index in [2.05, 4.69) is 10.6 Å². The number of hydrogen-bond donors (Lipinski definition) is 2. The van der Waals surface area contributed by atoms with Gasteiger partial charge in [0.05, 0.1) is 38.9 Å². The van der Waals surface area contributed by atoms with E-state index in [0.717, 1.165) is 24.3 Å². The molecule has 1 aliphatic carbocycles. The quantitative estimate of drug-likeness (QED) is 0.219. The highest BCUT2D eigenvalue weighted by Gasteiger charge is 2.68. The third kappa shape index (κ3) is 6.37. The highest BCUT2D eigenvalue weighted by molar-refractivity contribution is 6.53. The van der Waals surface area contributed by atoms with E-state index >= 15 is 0 Å². The minimum Gasteiger partial charge on any atom is -0.326 e. The van der Waals surface area contributed by atoms with E-state index in [1.54, 1.807) is 6.07 Å². The number of nitrogens with zero attached hydrogens (tertiary/aromatic N) is 1. The normalized spacial score (nSPS) is 17.9. The molecule has 3 aromatic rings. The number of nitriles is 1. The molecule has 15 heteroatoms. The molecule has 0 radical (unpaired) electrons. The molecule has 0 heterocycles. The number of anilines is 2. The van der Waals surface area contributed by atoms with Crippen LogP contribution in [0.4, 0.5) is 42.1 Å². The zero-order valence-corrected chi connectivity index (χ0v) is 22.2. The number of carbonyl (C=O) groups is 2. The minimum atomic E-state index is -5.12. The Morgan fingerprint density at radius 1 is 0.878 bits per heavy atom. The zero-order valence-electron chi connectivity index (χ0n) is 19.9. The summed E-state index contributed by atoms with van der Waals surface area (Å²) in [7, 11) is 0. The highest BCUT2D eigenvalue weighted by atomic mass is 35.5. The number of amides is 2. The second kappa shape index (κ2) is 10.7. The number of alkyl halides is 8. The molecule has 4 rings (SSSR count). The largest absolute Gasteiger partial charge is 0.416 e. The molecule has 2 N–H and O–H groups in total. The lowest BCUT2D eigenvalue weighted by molar-refractivity contribution is -0.143. The second-order valence-corrected chi connectivity index (χ2v) is 10.8. The molecule has 0 spiro atoms. The van der Waals surface area contributed by atoms with E-state index in [9.17, 15) is 40.3 Å². The summed E-state index contributed by atoms with van der Waals surface area (Å²) < 4.78 is 91.2. The van der Waals surface area contributed by atoms with Crippen LogP contribution in [0.3, 0.4) is 0 Å². The summed E-state index contributed by atoms with van der Waals surface area (Å²) in [6.45, 7) is 0. The number of carbonyl (C=O) groups excluding carboxylic acids is 2. The lowest BCUT2D eigenvalue weighted by Crippen LogP contribution is -2.18. The number of nitrogens with one attached hydrogen (secondary N) is 2. The SMILES string of the molecule is N#Cc1cc(F)ccc1NC(=O)c1cc(NC(=O)C2C(c3cc(C(F)(F)F)cc(C(F)(F)F)c3)C2(Cl)Cl)ccc1Cl. The lowest BCUT2D eigenvalue weighted by atomic mass is 10.0. The predicted octanol–water partition coefficient (Wildman–Crippen LogP) is 8.17. The van der Waals surface area contributed by atoms with E-state index in [0.29, 0.717) is 12.1 Å². The summed E-state index contributed by atoms with van der Waals surface area (Å²) in [5.74, 6) is -5.39. The fourth-order valence-electron chi connectivity index (χ4n) is 4.13. The van der Waals surface area contributed by atoms with Gasteiger partial charge in [-0.25, -0.2) is 4.39 Å². The van der Waals surface area contributed by atoms with Crippen LogP contribution in [0.2, 0.25) is 5.02 Å². The maximum absolute atomic E-state index is 13.4. The third-order valence-electron chi connectivity index (χ3n) is 6.13. The molecule has 1 saturated carbocycles. The van der Waals surface area contributed by atoms with E-state index in [-0.39, 0.29) is 33.6 Å². The van der Waals surface area contributed by atoms with Gasteiger partial charge in [0.15, 0.2) is 0 Å². The first-order valence-electron chi connectivity index (χ1n) is 11.2. The van der Waals surface area contributed by atoms with Crippen molar-refractivity contribution in [3.8, 4) is 6.07 Å². The monoisotopic (exact) mass is 637 g/mol. The Hall–Kier alpha value is -3.53. The molecular formula is C26H13Cl3F7N3O2. The summed E-state index contributed by atoms with van der Waals surface area (Å²) in [6.07, 6.45) is -10.2. The van der Waals surface area contributed by atoms with Crippen molar-refractivity contribution < 1.29 is 40.3 Å². The van der Waals surface area contributed by atoms with Gasteiger partial charge in [-0.05, 0) is 60.2 Å². The van der Waals surface area contributed by atoms with Crippen molar-refractivity contribution in [1.82, 2.24) is 0 Å². The maximum atomic E-state index is 13.4. The summed E-state index contributed by atoms with van der Waals surface area (Å²) in [5, 5.41) is 13.8. The predicted molar refractivity (Wildman–Crippen MR) is 136 cm³/mol. The lowest BCUT2D eigenvalue weighted by Gasteiger charge is -2.14. The Kier molecular flexibility index (Phi) is 7.94. The molecular weight excluding hydrogens is 626 g/mol. The Bertz CT molecular complexity index is 1570. The molecule has 41 heavy (non-hydrogen) atoms. The third-order valence-corrected chi connectivity index (χ3v) is 7.40. The van der Waals surface area contributed by atoms with Crippen molar-refractivity contribution in [2.45, 2.75) is 22.6 Å². The Morgan fingerprint density at radius 3 is 2.05 bits per heavy atom. The highest BCUT2D eigenvalue weighted by Crippen LogP contribution is 2.65. The fourth-order valence-corrected chi connectivity index (χ4v) is 5.16. The first-order valence-corrected chi connectivity index (χ1v) is 12.4. The summed E-state index contributed by atoms with van der Waals surface area (Å²) >= 11 is 18.4. The first kappa shape index (κ1) is 30.4. The van der Waals surface area contributed by atoms with Gasteiger partial charge in [-0.1, -0.05) is 11.6 Å². The molecule has 3 aromatic carbocycles. The Labute approximate surface area is 241 Å². The van der Waals surface area contributed by atoms with Gasteiger partial charge in [0.25, 0.3) is 5.91 Å². The number of hydrogen-bond acceptors (Lipinski definition) is 3. The van der Waals surface area contributed by atoms with Crippen LogP contribution in [0.25, 0.3) is 0 Å². The summed E-state index contributed by atoms with van der Waals surface area (Å²) in [4.78, 5) is 25.8. The molecule has 1 fully saturated rings. The van der Waals surface area contributed by atoms with Crippen LogP contribution in [0.5, 0.6) is 0 Å². The second-order valence-electron chi connectivity index (χ2n) is 8.91. The van der Waals surface area contributed by atoms with E-state index in [1.165, 1.54) is 12.1 Å². The maximum Gasteiger partial charge on any atom is 0.416 e. The van der Waals surface area contributed by atoms with Crippen molar-refractivity contribution >= 4 is 58.0 Å². The van der Waals surface area contributed by atoms with Gasteiger partial charge in [-0.3, -0.25) is 9.59 Å². The summed E-state index contributed by atoms with van der Waals surface area (Å²) in [5.41, 5.74) is -4.17. The molecule has 5 nitrogen and oxygen atoms in total. The Morgan fingerprint density at radius 2 is 1.49 bits per heavy atom. The molecule has 1 aliphatic rings. The van der Waals surface area contributed by atoms with Crippen LogP contribution in [0, 0.1) is 23.1 Å². The van der Waals surface area contributed by atoms with Gasteiger partial charge in [-0.2, -0.15) is 31.6 Å². The van der Waals surface area contributed by atoms with Gasteiger partial charge >= 0.3 is 12.4 Å². The average Bonchev–Trinajstić information content (AvgIpc) is 3.46. The van der Waals surface area contributed by atoms with Crippen LogP contribution in [-0.4, -0.2) is 16.1 Å². The van der Waals surface area contributed by atoms with Gasteiger partial charge in [-0.15, -0.1) is 23.2 Å². The van der Waals surface area contributed by atoms with E-state index in [1.807, 2.05) is 0 Å². The van der Waals surface area contributed by atoms with E-state index < -0.39 is 62.8 Å². The van der Waals surface area contributed by atoms with Crippen molar-refractivity contribution in [2.75, 3.05) is 10.6 Å². The smallest absolute Gasteiger partial charge is 0.326 e. The van der Waals surface area contributed by atoms with Gasteiger partial charge in [0.1, 0.15) is 16.2 Å². The number of rotatable bonds is 5. The zero-order chi connectivity index (χ0) is 30.5. The molecule has 0 aromatic heterocycles. The molecule has 2 unspecified atom stereocenters. The Balaban J connectivity index is 1.58. The minimum absolute atomic E-state index is 0.0291. The molecule has 0 aliphatic heterocycles. The van der Waals surface area contributed by atoms with Gasteiger partial charge < -0.3 is 10.6 Å². The van der Waals surface area contributed by atoms with Crippen molar-refractivity contribution in [2.24, 2.45) is 5.92 Å².